The number of benzene rings is 6. The Morgan fingerprint density at radius 3 is 0.967 bits per heavy atom. The number of aromatic nitrogens is 9. The molecule has 121 heavy (non-hydrogen) atoms. The average molecular weight is 1970 g/mol. The molecule has 6 aromatic heterocycles. The third kappa shape index (κ3) is 28.7. The van der Waals surface area contributed by atoms with Crippen LogP contribution in [0.4, 0.5) is 17.5 Å². The fraction of sp³-hybridized carbons (Fsp3) is 0.367. The predicted octanol–water partition coefficient (Wildman–Crippen LogP) is 19.6. The Kier molecular flexibility index (Phi) is 36.3. The lowest BCUT2D eigenvalue weighted by Gasteiger charge is -2.39. The van der Waals surface area contributed by atoms with Crippen LogP contribution in [0.2, 0.25) is 30.1 Å². The number of pyridine rings is 3. The van der Waals surface area contributed by atoms with Crippen LogP contribution in [0.15, 0.2) is 196 Å². The van der Waals surface area contributed by atoms with Crippen molar-refractivity contribution in [3.8, 4) is 0 Å². The number of nitrogens with one attached hydrogen (secondary N) is 4. The van der Waals surface area contributed by atoms with Crippen molar-refractivity contribution in [2.45, 2.75) is 56.4 Å². The number of rotatable bonds is 29. The van der Waals surface area contributed by atoms with Crippen LogP contribution < -0.4 is 21.3 Å². The van der Waals surface area contributed by atoms with E-state index >= 15 is 0 Å². The number of fused-ring (bicyclic) bond motifs is 3. The lowest BCUT2D eigenvalue weighted by atomic mass is 10.00. The highest BCUT2D eigenvalue weighted by Crippen LogP contribution is 2.37. The maximum atomic E-state index is 6.41. The van der Waals surface area contributed by atoms with Gasteiger partial charge in [-0.3, -0.25) is 39.5 Å². The van der Waals surface area contributed by atoms with Gasteiger partial charge in [-0.15, -0.1) is 11.6 Å². The molecule has 0 spiro atoms. The summed E-state index contributed by atoms with van der Waals surface area (Å²) in [5, 5.41) is 20.5. The molecule has 31 heteroatoms. The van der Waals surface area contributed by atoms with Gasteiger partial charge >= 0.3 is 0 Å². The lowest BCUT2D eigenvalue weighted by Crippen LogP contribution is -2.47. The minimum Gasteiger partial charge on any atom is -0.369 e. The summed E-state index contributed by atoms with van der Waals surface area (Å²) >= 11 is 54.2. The maximum absolute atomic E-state index is 6.41. The van der Waals surface area contributed by atoms with Gasteiger partial charge in [0.25, 0.3) is 0 Å². The molecule has 638 valence electrons. The topological polar surface area (TPSA) is 190 Å². The quantitative estimate of drug-likeness (QED) is 0.0256. The number of hydrogen-bond donors (Lipinski definition) is 4. The molecule has 21 nitrogen and oxygen atoms in total. The van der Waals surface area contributed by atoms with E-state index in [-0.39, 0.29) is 17.5 Å². The Morgan fingerprint density at radius 1 is 0.364 bits per heavy atom. The van der Waals surface area contributed by atoms with Crippen LogP contribution in [0.1, 0.15) is 88.0 Å². The van der Waals surface area contributed by atoms with Gasteiger partial charge in [0.2, 0.25) is 0 Å². The van der Waals surface area contributed by atoms with E-state index < -0.39 is 0 Å². The van der Waals surface area contributed by atoms with Crippen LogP contribution in [0, 0.1) is 0 Å². The van der Waals surface area contributed by atoms with Gasteiger partial charge < -0.3 is 36.0 Å². The van der Waals surface area contributed by atoms with Crippen LogP contribution in [-0.4, -0.2) is 244 Å². The lowest BCUT2D eigenvalue weighted by molar-refractivity contribution is 0.102. The molecule has 3 aliphatic heterocycles. The van der Waals surface area contributed by atoms with Gasteiger partial charge in [0.15, 0.2) is 0 Å². The molecule has 3 aliphatic rings. The molecule has 12 aromatic rings. The highest BCUT2D eigenvalue weighted by Gasteiger charge is 2.31. The molecule has 0 amide bonds. The number of piperazine rings is 3. The molecule has 6 aromatic carbocycles. The minimum absolute atomic E-state index is 0.0404. The number of hydrogen-bond acceptors (Lipinski definition) is 21. The van der Waals surface area contributed by atoms with Gasteiger partial charge in [0.05, 0.1) is 65.3 Å². The van der Waals surface area contributed by atoms with Crippen molar-refractivity contribution in [1.29, 1.82) is 0 Å². The number of alkyl halides is 1. The van der Waals surface area contributed by atoms with E-state index in [9.17, 15) is 0 Å². The number of halogens is 10. The first-order valence-electron chi connectivity index (χ1n) is 40.6. The SMILES string of the molecule is CN(C)CCCNc1nc(CN2CCN(C(c3cc(Cl)cc(Cl)c3)c3ccc(Br)cn3)CC2)nc2ccccc12.CN(C)CCCNc1nc(CN2CCN(C(c3cc(Cl)cc(Cl)c3)c3ccc(Br)cn3)CC2)nc2ccccc12.CN(C)CCCNc1nc(CN2CCNCC2)nc2ccccc12.Clc1cc(Cl)cc(C(Cl)c2ccc(Br)cn2)c1. The van der Waals surface area contributed by atoms with Crippen LogP contribution >= 0.6 is 129 Å². The summed E-state index contributed by atoms with van der Waals surface area (Å²) in [5.41, 5.74) is 8.59. The zero-order valence-electron chi connectivity index (χ0n) is 68.9. The summed E-state index contributed by atoms with van der Waals surface area (Å²) in [5.74, 6) is 5.38. The first-order valence-corrected chi connectivity index (χ1v) is 45.7. The number of nitrogens with zero attached hydrogens (tertiary/aromatic N) is 17. The van der Waals surface area contributed by atoms with E-state index in [0.717, 1.165) is 258 Å². The summed E-state index contributed by atoms with van der Waals surface area (Å²) in [7, 11) is 12.6. The van der Waals surface area contributed by atoms with Gasteiger partial charge in [0, 0.05) is 176 Å². The molecule has 3 unspecified atom stereocenters. The Balaban J connectivity index is 0.000000155. The molecular weight excluding hydrogens is 1860 g/mol. The van der Waals surface area contributed by atoms with E-state index in [2.05, 4.69) is 204 Å². The molecule has 0 aliphatic carbocycles. The van der Waals surface area contributed by atoms with Gasteiger partial charge in [-0.05, 0) is 273 Å². The third-order valence-electron chi connectivity index (χ3n) is 20.7. The molecule has 9 heterocycles. The molecule has 0 saturated carbocycles. The molecular formula is C90H103Br3Cl7N21. The van der Waals surface area contributed by atoms with Gasteiger partial charge in [-0.2, -0.15) is 0 Å². The summed E-state index contributed by atoms with van der Waals surface area (Å²) in [6.07, 6.45) is 8.58. The van der Waals surface area contributed by atoms with E-state index in [4.69, 9.17) is 121 Å². The Labute approximate surface area is 771 Å². The summed E-state index contributed by atoms with van der Waals surface area (Å²) in [6.45, 7) is 19.3. The second kappa shape index (κ2) is 47.0. The van der Waals surface area contributed by atoms with Gasteiger partial charge in [-0.1, -0.05) is 106 Å². The molecule has 3 fully saturated rings. The van der Waals surface area contributed by atoms with E-state index in [1.54, 1.807) is 36.5 Å². The molecule has 4 N–H and O–H groups in total. The first kappa shape index (κ1) is 93.5. The highest BCUT2D eigenvalue weighted by atomic mass is 79.9. The average Bonchev–Trinajstić information content (AvgIpc) is 0.807. The van der Waals surface area contributed by atoms with Crippen LogP contribution in [0.3, 0.4) is 0 Å². The van der Waals surface area contributed by atoms with Crippen LogP contribution in [0.5, 0.6) is 0 Å². The normalized spacial score (nSPS) is 15.2. The second-order valence-electron chi connectivity index (χ2n) is 30.9. The maximum Gasteiger partial charge on any atom is 0.145 e. The smallest absolute Gasteiger partial charge is 0.145 e. The summed E-state index contributed by atoms with van der Waals surface area (Å²) in [6, 6.07) is 53.3. The monoisotopic (exact) mass is 1960 g/mol. The van der Waals surface area contributed by atoms with Crippen molar-refractivity contribution in [2.75, 3.05) is 176 Å². The Morgan fingerprint density at radius 2 is 0.661 bits per heavy atom. The van der Waals surface area contributed by atoms with Crippen molar-refractivity contribution in [3.63, 3.8) is 0 Å². The zero-order valence-corrected chi connectivity index (χ0v) is 79.0. The number of anilines is 3. The largest absolute Gasteiger partial charge is 0.369 e. The highest BCUT2D eigenvalue weighted by molar-refractivity contribution is 9.11. The van der Waals surface area contributed by atoms with E-state index in [0.29, 0.717) is 43.2 Å². The van der Waals surface area contributed by atoms with Crippen molar-refractivity contribution in [2.24, 2.45) is 0 Å². The Hall–Kier alpha value is -6.70. The number of para-hydroxylation sites is 3. The fourth-order valence-electron chi connectivity index (χ4n) is 14.8. The van der Waals surface area contributed by atoms with Gasteiger partial charge in [0.1, 0.15) is 40.3 Å². The fourth-order valence-corrected chi connectivity index (χ4v) is 17.3. The second-order valence-corrected chi connectivity index (χ2v) is 36.7. The molecule has 3 saturated heterocycles. The molecule has 3 atom stereocenters. The Bertz CT molecular complexity index is 5000. The predicted molar refractivity (Wildman–Crippen MR) is 512 cm³/mol. The molecule has 15 rings (SSSR count). The van der Waals surface area contributed by atoms with Crippen molar-refractivity contribution in [3.05, 3.63) is 277 Å². The molecule has 0 bridgehead atoms. The van der Waals surface area contributed by atoms with Crippen LogP contribution in [-0.2, 0) is 19.6 Å². The standard InChI is InChI=1S/2C30H34BrCl2N7.C18H28N6.C12H7BrCl3N/c2*1-38(2)11-5-10-34-30-25-6-3-4-7-26(25)36-28(37-30)20-39-12-14-40(15-13-39)29(27-9-8-22(31)19-35-27)21-16-23(32)18-24(33)17-21;1-23(2)11-5-8-20-18-15-6-3-4-7-16(15)21-17(22-18)14-24-12-9-19-10-13-24;13-8-1-2-11(17-6-8)12(16)7-3-9(14)5-10(15)4-7/h2*3-4,6-9,16-19,29H,5,10-15,20H2,1-2H3,(H,34,36,37);3-4,6-7,19H,5,8-14H2,1-2H3,(H,20,21,22);1-6,12H. The minimum atomic E-state index is -0.362. The third-order valence-corrected chi connectivity index (χ3v) is 23.9. The van der Waals surface area contributed by atoms with Crippen molar-refractivity contribution in [1.82, 2.24) is 89.4 Å². The van der Waals surface area contributed by atoms with Crippen molar-refractivity contribution >= 4 is 179 Å². The van der Waals surface area contributed by atoms with Crippen molar-refractivity contribution < 1.29 is 0 Å². The summed E-state index contributed by atoms with van der Waals surface area (Å²) in [4.78, 5) is 61.8. The van der Waals surface area contributed by atoms with Gasteiger partial charge in [-0.25, -0.2) is 29.9 Å². The van der Waals surface area contributed by atoms with E-state index in [1.165, 1.54) is 0 Å². The molecule has 0 radical (unpaired) electrons. The first-order chi connectivity index (χ1) is 58.5. The zero-order chi connectivity index (χ0) is 85.3. The van der Waals surface area contributed by atoms with Crippen LogP contribution in [0.25, 0.3) is 32.7 Å². The summed E-state index contributed by atoms with van der Waals surface area (Å²) < 4.78 is 2.81. The van der Waals surface area contributed by atoms with E-state index in [1.807, 2.05) is 97.3 Å².